The molecule has 0 aliphatic heterocycles. The number of carbonyl (C=O) groups excluding carboxylic acids is 1. The Kier molecular flexibility index (Phi) is 2.55. The molecule has 0 aromatic carbocycles. The van der Waals surface area contributed by atoms with Crippen LogP contribution in [0.2, 0.25) is 0 Å². The van der Waals surface area contributed by atoms with Gasteiger partial charge in [-0.3, -0.25) is 4.79 Å². The highest BCUT2D eigenvalue weighted by Crippen LogP contribution is 2.04. The molecule has 0 saturated heterocycles. The van der Waals surface area contributed by atoms with Crippen LogP contribution in [0.4, 0.5) is 0 Å². The lowest BCUT2D eigenvalue weighted by molar-refractivity contribution is -0.142. The van der Waals surface area contributed by atoms with Gasteiger partial charge in [-0.2, -0.15) is 0 Å². The summed E-state index contributed by atoms with van der Waals surface area (Å²) < 4.78 is 21.2. The van der Waals surface area contributed by atoms with E-state index in [1.54, 1.807) is 0 Å². The zero-order chi connectivity index (χ0) is 12.2. The van der Waals surface area contributed by atoms with Crippen LogP contribution in [0, 0.1) is 5.92 Å². The minimum Gasteiger partial charge on any atom is -0.480 e. The fourth-order valence-corrected chi connectivity index (χ4v) is 0.820. The van der Waals surface area contributed by atoms with Crippen molar-refractivity contribution >= 4 is 11.9 Å². The minimum absolute atomic E-state index is 0.106. The molecule has 0 aromatic heterocycles. The van der Waals surface area contributed by atoms with Crippen molar-refractivity contribution in [3.8, 4) is 0 Å². The van der Waals surface area contributed by atoms with E-state index in [9.17, 15) is 9.59 Å². The van der Waals surface area contributed by atoms with Gasteiger partial charge in [0.1, 0.15) is 6.04 Å². The molecule has 0 rings (SSSR count). The van der Waals surface area contributed by atoms with E-state index in [0.29, 0.717) is 0 Å². The molecule has 2 atom stereocenters. The predicted molar refractivity (Wildman–Crippen MR) is 44.7 cm³/mol. The maximum absolute atomic E-state index is 10.7. The Morgan fingerprint density at radius 1 is 1.67 bits per heavy atom. The fraction of sp³-hybridized carbons (Fsp3) is 0.750. The van der Waals surface area contributed by atoms with E-state index in [-0.39, 0.29) is 6.42 Å². The van der Waals surface area contributed by atoms with E-state index in [1.807, 2.05) is 0 Å². The molecule has 0 aliphatic rings. The molecule has 0 heterocycles. The van der Waals surface area contributed by atoms with E-state index in [0.717, 1.165) is 0 Å². The van der Waals surface area contributed by atoms with Crippen molar-refractivity contribution in [1.82, 2.24) is 5.32 Å². The molecule has 0 radical (unpaired) electrons. The molecule has 4 nitrogen and oxygen atoms in total. The van der Waals surface area contributed by atoms with Gasteiger partial charge in [-0.25, -0.2) is 4.79 Å². The Morgan fingerprint density at radius 3 is 2.58 bits per heavy atom. The summed E-state index contributed by atoms with van der Waals surface area (Å²) in [5, 5.41) is 10.9. The molecular formula is C8H15NO3. The number of rotatable bonds is 4. The van der Waals surface area contributed by atoms with Gasteiger partial charge in [0.05, 0.1) is 0 Å². The van der Waals surface area contributed by atoms with Crippen LogP contribution in [0.3, 0.4) is 0 Å². The second kappa shape index (κ2) is 4.74. The van der Waals surface area contributed by atoms with Crippen molar-refractivity contribution in [1.29, 1.82) is 0 Å². The van der Waals surface area contributed by atoms with Crippen LogP contribution in [-0.4, -0.2) is 23.0 Å². The number of hydrogen-bond donors (Lipinski definition) is 2. The first kappa shape index (κ1) is 6.46. The summed E-state index contributed by atoms with van der Waals surface area (Å²) in [4.78, 5) is 21.4. The number of carbonyl (C=O) groups is 2. The molecule has 0 saturated carbocycles. The SMILES string of the molecule is [2H]C([2H])([2H])C(C)C[C@H](NC(C)=O)C(=O)O. The van der Waals surface area contributed by atoms with Crippen molar-refractivity contribution in [2.75, 3.05) is 0 Å². The lowest BCUT2D eigenvalue weighted by Gasteiger charge is -2.14. The molecule has 1 amide bonds. The minimum atomic E-state index is -2.20. The molecule has 4 heteroatoms. The van der Waals surface area contributed by atoms with E-state index >= 15 is 0 Å². The van der Waals surface area contributed by atoms with Crippen LogP contribution in [0.5, 0.6) is 0 Å². The van der Waals surface area contributed by atoms with E-state index in [1.165, 1.54) is 13.8 Å². The number of carboxylic acid groups (broad SMARTS) is 1. The Balaban J connectivity index is 4.42. The third-order valence-electron chi connectivity index (χ3n) is 1.26. The molecule has 0 aromatic rings. The standard InChI is InChI=1S/C8H15NO3/c1-5(2)4-7(8(11)12)9-6(3)10/h5,7H,4H2,1-3H3,(H,9,10)(H,11,12)/t7-/m0/s1/i1D3/t5?,7-. The maximum Gasteiger partial charge on any atom is 0.326 e. The molecule has 0 bridgehead atoms. The van der Waals surface area contributed by atoms with Gasteiger partial charge in [0.15, 0.2) is 0 Å². The normalized spacial score (nSPS) is 19.7. The van der Waals surface area contributed by atoms with Crippen molar-refractivity contribution in [3.63, 3.8) is 0 Å². The second-order valence-electron chi connectivity index (χ2n) is 2.73. The number of hydrogen-bond acceptors (Lipinski definition) is 2. The summed E-state index contributed by atoms with van der Waals surface area (Å²) in [6.45, 7) is 0.423. The van der Waals surface area contributed by atoms with Crippen molar-refractivity contribution < 1.29 is 18.8 Å². The first-order valence-corrected chi connectivity index (χ1v) is 3.64. The van der Waals surface area contributed by atoms with Gasteiger partial charge in [-0.05, 0) is 12.3 Å². The van der Waals surface area contributed by atoms with Crippen molar-refractivity contribution in [3.05, 3.63) is 0 Å². The van der Waals surface area contributed by atoms with Gasteiger partial charge >= 0.3 is 5.97 Å². The molecule has 2 N–H and O–H groups in total. The summed E-state index contributed by atoms with van der Waals surface area (Å²) in [7, 11) is 0. The number of nitrogens with one attached hydrogen (secondary N) is 1. The average molecular weight is 176 g/mol. The summed E-state index contributed by atoms with van der Waals surface area (Å²) in [5.74, 6) is -2.48. The van der Waals surface area contributed by atoms with Gasteiger partial charge in [0, 0.05) is 11.0 Å². The van der Waals surface area contributed by atoms with Gasteiger partial charge < -0.3 is 10.4 Å². The topological polar surface area (TPSA) is 66.4 Å². The van der Waals surface area contributed by atoms with Crippen molar-refractivity contribution in [2.45, 2.75) is 33.2 Å². The highest BCUT2D eigenvalue weighted by molar-refractivity contribution is 5.81. The van der Waals surface area contributed by atoms with Gasteiger partial charge in [0.25, 0.3) is 0 Å². The number of aliphatic carboxylic acids is 1. The monoisotopic (exact) mass is 176 g/mol. The summed E-state index contributed by atoms with van der Waals surface area (Å²) in [5.41, 5.74) is 0. The van der Waals surface area contributed by atoms with Crippen LogP contribution in [0.25, 0.3) is 0 Å². The lowest BCUT2D eigenvalue weighted by Crippen LogP contribution is -2.40. The molecule has 1 unspecified atom stereocenters. The Morgan fingerprint density at radius 2 is 2.25 bits per heavy atom. The first-order chi connectivity index (χ1) is 6.64. The van der Waals surface area contributed by atoms with Crippen LogP contribution in [0.15, 0.2) is 0 Å². The van der Waals surface area contributed by atoms with E-state index < -0.39 is 30.7 Å². The van der Waals surface area contributed by atoms with Crippen LogP contribution < -0.4 is 5.32 Å². The second-order valence-corrected chi connectivity index (χ2v) is 2.73. The first-order valence-electron chi connectivity index (χ1n) is 5.14. The van der Waals surface area contributed by atoms with Gasteiger partial charge in [0.2, 0.25) is 5.91 Å². The van der Waals surface area contributed by atoms with Gasteiger partial charge in [-0.1, -0.05) is 13.8 Å². The predicted octanol–water partition coefficient (Wildman–Crippen LogP) is 0.622. The zero-order valence-electron chi connectivity index (χ0n) is 10.1. The van der Waals surface area contributed by atoms with E-state index in [2.05, 4.69) is 5.32 Å². The summed E-state index contributed by atoms with van der Waals surface area (Å²) in [6, 6.07) is -1.14. The highest BCUT2D eigenvalue weighted by Gasteiger charge is 2.18. The third kappa shape index (κ3) is 4.71. The van der Waals surface area contributed by atoms with E-state index in [4.69, 9.17) is 9.22 Å². The molecule has 0 spiro atoms. The molecule has 70 valence electrons. The van der Waals surface area contributed by atoms with Crippen LogP contribution in [0.1, 0.15) is 31.2 Å². The highest BCUT2D eigenvalue weighted by atomic mass is 16.4. The smallest absolute Gasteiger partial charge is 0.326 e. The Labute approximate surface area is 76.2 Å². The van der Waals surface area contributed by atoms with Crippen LogP contribution in [-0.2, 0) is 9.59 Å². The maximum atomic E-state index is 10.7. The van der Waals surface area contributed by atoms with Crippen molar-refractivity contribution in [2.24, 2.45) is 5.92 Å². The molecule has 0 aliphatic carbocycles. The Hall–Kier alpha value is -1.06. The quantitative estimate of drug-likeness (QED) is 0.660. The van der Waals surface area contributed by atoms with Gasteiger partial charge in [-0.15, -0.1) is 0 Å². The average Bonchev–Trinajstić information content (AvgIpc) is 1.99. The number of amides is 1. The molecule has 0 fully saturated rings. The third-order valence-corrected chi connectivity index (χ3v) is 1.26. The van der Waals surface area contributed by atoms with Crippen LogP contribution >= 0.6 is 0 Å². The molecule has 12 heavy (non-hydrogen) atoms. The lowest BCUT2D eigenvalue weighted by atomic mass is 10.0. The fourth-order valence-electron chi connectivity index (χ4n) is 0.820. The summed E-state index contributed by atoms with van der Waals surface area (Å²) >= 11 is 0. The number of carboxylic acids is 1. The zero-order valence-corrected chi connectivity index (χ0v) is 7.13. The molecular weight excluding hydrogens is 158 g/mol. The largest absolute Gasteiger partial charge is 0.480 e. The Bertz CT molecular complexity index is 252. The summed E-state index contributed by atoms with van der Waals surface area (Å²) in [6.07, 6.45) is -0.106.